The molecule has 0 amide bonds. The van der Waals surface area contributed by atoms with Gasteiger partial charge in [-0.2, -0.15) is 0 Å². The zero-order chi connectivity index (χ0) is 7.19. The molecular formula is C10H18. The molecule has 0 aromatic carbocycles. The van der Waals surface area contributed by atoms with Crippen molar-refractivity contribution in [2.45, 2.75) is 46.0 Å². The fourth-order valence-electron chi connectivity index (χ4n) is 2.97. The first-order valence-corrected chi connectivity index (χ1v) is 4.76. The maximum atomic E-state index is 2.50. The van der Waals surface area contributed by atoms with E-state index >= 15 is 0 Å². The van der Waals surface area contributed by atoms with Gasteiger partial charge in [-0.25, -0.2) is 0 Å². The predicted molar refractivity (Wildman–Crippen MR) is 43.8 cm³/mol. The summed E-state index contributed by atoms with van der Waals surface area (Å²) in [7, 11) is 0. The predicted octanol–water partition coefficient (Wildman–Crippen LogP) is 3.22. The lowest BCUT2D eigenvalue weighted by Gasteiger charge is -2.40. The minimum Gasteiger partial charge on any atom is -0.0649 e. The average molecular weight is 138 g/mol. The molecule has 10 heavy (non-hydrogen) atoms. The van der Waals surface area contributed by atoms with E-state index in [9.17, 15) is 0 Å². The molecule has 3 atom stereocenters. The van der Waals surface area contributed by atoms with Crippen LogP contribution in [0.4, 0.5) is 0 Å². The molecule has 2 aliphatic rings. The summed E-state index contributed by atoms with van der Waals surface area (Å²) in [4.78, 5) is 0. The Morgan fingerprint density at radius 1 is 1.30 bits per heavy atom. The molecule has 0 heterocycles. The quantitative estimate of drug-likeness (QED) is 0.522. The zero-order valence-electron chi connectivity index (χ0n) is 7.19. The highest BCUT2D eigenvalue weighted by atomic mass is 14.5. The lowest BCUT2D eigenvalue weighted by atomic mass is 9.65. The zero-order valence-corrected chi connectivity index (χ0v) is 7.19. The first-order chi connectivity index (χ1) is 4.76. The van der Waals surface area contributed by atoms with Gasteiger partial charge in [0.15, 0.2) is 0 Å². The first kappa shape index (κ1) is 6.69. The monoisotopic (exact) mass is 138 g/mol. The molecule has 0 heteroatoms. The van der Waals surface area contributed by atoms with Crippen LogP contribution in [0.3, 0.4) is 0 Å². The maximum Gasteiger partial charge on any atom is -0.0297 e. The molecule has 0 spiro atoms. The van der Waals surface area contributed by atoms with Gasteiger partial charge in [0.05, 0.1) is 0 Å². The lowest BCUT2D eigenvalue weighted by Crippen LogP contribution is -2.31. The second-order valence-corrected chi connectivity index (χ2v) is 4.49. The van der Waals surface area contributed by atoms with E-state index in [1.807, 2.05) is 0 Å². The Bertz CT molecular complexity index is 139. The normalized spacial score (nSPS) is 52.2. The fourth-order valence-corrected chi connectivity index (χ4v) is 2.97. The summed E-state index contributed by atoms with van der Waals surface area (Å²) < 4.78 is 0. The lowest BCUT2D eigenvalue weighted by molar-refractivity contribution is 0.0962. The van der Waals surface area contributed by atoms with Crippen molar-refractivity contribution >= 4 is 0 Å². The molecule has 58 valence electrons. The third-order valence-electron chi connectivity index (χ3n) is 4.21. The van der Waals surface area contributed by atoms with Crippen molar-refractivity contribution in [2.75, 3.05) is 0 Å². The van der Waals surface area contributed by atoms with Gasteiger partial charge in [0.25, 0.3) is 0 Å². The van der Waals surface area contributed by atoms with Crippen LogP contribution in [-0.2, 0) is 0 Å². The van der Waals surface area contributed by atoms with E-state index in [-0.39, 0.29) is 0 Å². The molecule has 0 aromatic rings. The van der Waals surface area contributed by atoms with E-state index < -0.39 is 0 Å². The summed E-state index contributed by atoms with van der Waals surface area (Å²) in [5.74, 6) is 2.27. The van der Waals surface area contributed by atoms with Crippen LogP contribution in [0.25, 0.3) is 0 Å². The van der Waals surface area contributed by atoms with Crippen molar-refractivity contribution in [3.8, 4) is 0 Å². The van der Waals surface area contributed by atoms with Gasteiger partial charge in [0, 0.05) is 0 Å². The average Bonchev–Trinajstić information content (AvgIpc) is 2.05. The molecule has 2 saturated carbocycles. The summed E-state index contributed by atoms with van der Waals surface area (Å²) in [5.41, 5.74) is 0.753. The summed E-state index contributed by atoms with van der Waals surface area (Å²) in [5, 5.41) is 0. The number of rotatable bonds is 1. The molecule has 0 aliphatic heterocycles. The molecule has 2 rings (SSSR count). The summed E-state index contributed by atoms with van der Waals surface area (Å²) >= 11 is 0. The van der Waals surface area contributed by atoms with Crippen LogP contribution in [0.15, 0.2) is 0 Å². The molecule has 0 radical (unpaired) electrons. The van der Waals surface area contributed by atoms with E-state index in [0.29, 0.717) is 0 Å². The fraction of sp³-hybridized carbons (Fsp3) is 1.00. The molecule has 3 unspecified atom stereocenters. The van der Waals surface area contributed by atoms with Gasteiger partial charge >= 0.3 is 0 Å². The van der Waals surface area contributed by atoms with Crippen molar-refractivity contribution in [3.05, 3.63) is 0 Å². The number of hydrogen-bond donors (Lipinski definition) is 0. The van der Waals surface area contributed by atoms with Gasteiger partial charge in [-0.3, -0.25) is 0 Å². The van der Waals surface area contributed by atoms with Gasteiger partial charge < -0.3 is 0 Å². The summed E-state index contributed by atoms with van der Waals surface area (Å²) in [6, 6.07) is 0. The van der Waals surface area contributed by atoms with Gasteiger partial charge in [-0.15, -0.1) is 0 Å². The molecule has 0 nitrogen and oxygen atoms in total. The minimum absolute atomic E-state index is 0.753. The summed E-state index contributed by atoms with van der Waals surface area (Å²) in [6.45, 7) is 4.86. The van der Waals surface area contributed by atoms with Gasteiger partial charge in [0.1, 0.15) is 0 Å². The van der Waals surface area contributed by atoms with E-state index in [2.05, 4.69) is 13.8 Å². The standard InChI is InChI=1S/C10H18/c1-3-10(2)7-6-8-4-5-9(8)10/h8-9H,3-7H2,1-2H3. The van der Waals surface area contributed by atoms with Crippen LogP contribution in [0, 0.1) is 17.3 Å². The molecule has 0 N–H and O–H groups in total. The van der Waals surface area contributed by atoms with E-state index in [1.54, 1.807) is 6.42 Å². The third-order valence-corrected chi connectivity index (χ3v) is 4.21. The largest absolute Gasteiger partial charge is 0.0649 e. The maximum absolute atomic E-state index is 2.50. The van der Waals surface area contributed by atoms with Crippen LogP contribution < -0.4 is 0 Å². The minimum atomic E-state index is 0.753. The second kappa shape index (κ2) is 1.99. The molecule has 0 bridgehead atoms. The molecule has 0 aromatic heterocycles. The highest BCUT2D eigenvalue weighted by molar-refractivity contribution is 4.98. The van der Waals surface area contributed by atoms with E-state index in [1.165, 1.54) is 25.7 Å². The van der Waals surface area contributed by atoms with Crippen molar-refractivity contribution in [1.29, 1.82) is 0 Å². The van der Waals surface area contributed by atoms with Crippen LogP contribution in [-0.4, -0.2) is 0 Å². The Hall–Kier alpha value is 0. The molecule has 2 aliphatic carbocycles. The highest BCUT2D eigenvalue weighted by Gasteiger charge is 2.48. The Kier molecular flexibility index (Phi) is 1.33. The van der Waals surface area contributed by atoms with Crippen LogP contribution in [0.1, 0.15) is 46.0 Å². The third kappa shape index (κ3) is 0.681. The van der Waals surface area contributed by atoms with Crippen molar-refractivity contribution in [1.82, 2.24) is 0 Å². The van der Waals surface area contributed by atoms with Crippen LogP contribution >= 0.6 is 0 Å². The first-order valence-electron chi connectivity index (χ1n) is 4.76. The highest BCUT2D eigenvalue weighted by Crippen LogP contribution is 2.58. The molecule has 0 saturated heterocycles. The number of hydrogen-bond acceptors (Lipinski definition) is 0. The van der Waals surface area contributed by atoms with Crippen molar-refractivity contribution in [3.63, 3.8) is 0 Å². The topological polar surface area (TPSA) is 0 Å². The van der Waals surface area contributed by atoms with E-state index in [0.717, 1.165) is 17.3 Å². The Labute approximate surface area is 64.0 Å². The Morgan fingerprint density at radius 2 is 2.10 bits per heavy atom. The van der Waals surface area contributed by atoms with Crippen LogP contribution in [0.5, 0.6) is 0 Å². The Balaban J connectivity index is 2.10. The summed E-state index contributed by atoms with van der Waals surface area (Å²) in [6.07, 6.45) is 7.54. The van der Waals surface area contributed by atoms with Crippen LogP contribution in [0.2, 0.25) is 0 Å². The smallest absolute Gasteiger partial charge is 0.0297 e. The SMILES string of the molecule is CCC1(C)CCC2CCC21. The second-order valence-electron chi connectivity index (χ2n) is 4.49. The number of fused-ring (bicyclic) bond motifs is 1. The Morgan fingerprint density at radius 3 is 2.40 bits per heavy atom. The van der Waals surface area contributed by atoms with Crippen molar-refractivity contribution < 1.29 is 0 Å². The van der Waals surface area contributed by atoms with Gasteiger partial charge in [0.2, 0.25) is 0 Å². The van der Waals surface area contributed by atoms with Gasteiger partial charge in [-0.1, -0.05) is 20.3 Å². The molecular weight excluding hydrogens is 120 g/mol. The van der Waals surface area contributed by atoms with E-state index in [4.69, 9.17) is 0 Å². The van der Waals surface area contributed by atoms with Gasteiger partial charge in [-0.05, 0) is 42.9 Å². The van der Waals surface area contributed by atoms with Crippen molar-refractivity contribution in [2.24, 2.45) is 17.3 Å². The molecule has 2 fully saturated rings.